The predicted molar refractivity (Wildman–Crippen MR) is 78.5 cm³/mol. The van der Waals surface area contributed by atoms with Gasteiger partial charge in [-0.05, 0) is 42.3 Å². The lowest BCUT2D eigenvalue weighted by Gasteiger charge is -2.24. The molecule has 2 rings (SSSR count). The van der Waals surface area contributed by atoms with Crippen molar-refractivity contribution >= 4 is 15.9 Å². The maximum absolute atomic E-state index is 13.1. The Hall–Kier alpha value is -1.26. The van der Waals surface area contributed by atoms with Crippen LogP contribution >= 0.6 is 15.9 Å². The molecule has 1 nitrogen and oxygen atoms in total. The molecule has 0 saturated carbocycles. The second-order valence-electron chi connectivity index (χ2n) is 5.22. The SMILES string of the molecule is CC(O)(Cc1cccc(F)c1)Cc1ccc(F)cc1Br. The zero-order valence-electron chi connectivity index (χ0n) is 11.0. The Morgan fingerprint density at radius 1 is 1.05 bits per heavy atom. The number of hydrogen-bond donors (Lipinski definition) is 1. The van der Waals surface area contributed by atoms with Crippen molar-refractivity contribution in [1.29, 1.82) is 0 Å². The molecule has 1 unspecified atom stereocenters. The summed E-state index contributed by atoms with van der Waals surface area (Å²) in [5.74, 6) is -0.647. The molecule has 0 aliphatic heterocycles. The monoisotopic (exact) mass is 340 g/mol. The van der Waals surface area contributed by atoms with Crippen LogP contribution in [-0.2, 0) is 12.8 Å². The van der Waals surface area contributed by atoms with Crippen molar-refractivity contribution in [1.82, 2.24) is 0 Å². The van der Waals surface area contributed by atoms with E-state index in [4.69, 9.17) is 0 Å². The van der Waals surface area contributed by atoms with Gasteiger partial charge in [0.05, 0.1) is 5.60 Å². The lowest BCUT2D eigenvalue weighted by Crippen LogP contribution is -2.30. The van der Waals surface area contributed by atoms with Gasteiger partial charge in [-0.1, -0.05) is 34.1 Å². The number of rotatable bonds is 4. The molecular weight excluding hydrogens is 326 g/mol. The molecule has 1 N–H and O–H groups in total. The van der Waals surface area contributed by atoms with E-state index in [0.29, 0.717) is 17.3 Å². The molecule has 0 heterocycles. The topological polar surface area (TPSA) is 20.2 Å². The largest absolute Gasteiger partial charge is 0.389 e. The first-order valence-corrected chi connectivity index (χ1v) is 7.06. The van der Waals surface area contributed by atoms with Gasteiger partial charge in [0.2, 0.25) is 0 Å². The van der Waals surface area contributed by atoms with Crippen molar-refractivity contribution in [3.05, 3.63) is 69.7 Å². The van der Waals surface area contributed by atoms with E-state index in [2.05, 4.69) is 15.9 Å². The zero-order valence-corrected chi connectivity index (χ0v) is 12.6. The fourth-order valence-electron chi connectivity index (χ4n) is 2.22. The summed E-state index contributed by atoms with van der Waals surface area (Å²) in [6, 6.07) is 10.5. The van der Waals surface area contributed by atoms with Crippen LogP contribution < -0.4 is 0 Å². The second kappa shape index (κ2) is 6.02. The van der Waals surface area contributed by atoms with Gasteiger partial charge in [-0.2, -0.15) is 0 Å². The Morgan fingerprint density at radius 3 is 2.40 bits per heavy atom. The van der Waals surface area contributed by atoms with Crippen LogP contribution in [0.4, 0.5) is 8.78 Å². The molecular formula is C16H15BrF2O. The van der Waals surface area contributed by atoms with Crippen molar-refractivity contribution < 1.29 is 13.9 Å². The molecule has 106 valence electrons. The van der Waals surface area contributed by atoms with Gasteiger partial charge in [-0.15, -0.1) is 0 Å². The molecule has 0 bridgehead atoms. The van der Waals surface area contributed by atoms with Crippen LogP contribution in [0.3, 0.4) is 0 Å². The molecule has 0 aromatic heterocycles. The minimum Gasteiger partial charge on any atom is -0.389 e. The van der Waals surface area contributed by atoms with Crippen molar-refractivity contribution in [3.8, 4) is 0 Å². The maximum atomic E-state index is 13.1. The van der Waals surface area contributed by atoms with Crippen LogP contribution in [0, 0.1) is 11.6 Å². The van der Waals surface area contributed by atoms with Crippen LogP contribution in [0.25, 0.3) is 0 Å². The molecule has 2 aromatic rings. The molecule has 0 saturated heterocycles. The molecule has 1 atom stereocenters. The highest BCUT2D eigenvalue weighted by atomic mass is 79.9. The van der Waals surface area contributed by atoms with Crippen molar-refractivity contribution in [2.45, 2.75) is 25.4 Å². The van der Waals surface area contributed by atoms with Gasteiger partial charge in [0, 0.05) is 17.3 Å². The number of benzene rings is 2. The maximum Gasteiger partial charge on any atom is 0.124 e. The van der Waals surface area contributed by atoms with Crippen LogP contribution in [0.2, 0.25) is 0 Å². The van der Waals surface area contributed by atoms with Crippen LogP contribution in [0.15, 0.2) is 46.9 Å². The van der Waals surface area contributed by atoms with E-state index in [-0.39, 0.29) is 11.6 Å². The average molecular weight is 341 g/mol. The summed E-state index contributed by atoms with van der Waals surface area (Å²) in [7, 11) is 0. The third kappa shape index (κ3) is 4.12. The van der Waals surface area contributed by atoms with Gasteiger partial charge >= 0.3 is 0 Å². The third-order valence-corrected chi connectivity index (χ3v) is 3.80. The lowest BCUT2D eigenvalue weighted by molar-refractivity contribution is 0.0606. The molecule has 0 aliphatic carbocycles. The Morgan fingerprint density at radius 2 is 1.75 bits per heavy atom. The molecule has 20 heavy (non-hydrogen) atoms. The van der Waals surface area contributed by atoms with Gasteiger partial charge in [-0.25, -0.2) is 8.78 Å². The van der Waals surface area contributed by atoms with Gasteiger partial charge in [0.25, 0.3) is 0 Å². The predicted octanol–water partition coefficient (Wildman–Crippen LogP) is 4.26. The first-order chi connectivity index (χ1) is 9.35. The quantitative estimate of drug-likeness (QED) is 0.881. The molecule has 0 fully saturated rings. The Balaban J connectivity index is 2.14. The third-order valence-electron chi connectivity index (χ3n) is 3.06. The Bertz CT molecular complexity index is 611. The van der Waals surface area contributed by atoms with Gasteiger partial charge in [0.15, 0.2) is 0 Å². The summed E-state index contributed by atoms with van der Waals surface area (Å²) in [5.41, 5.74) is 0.509. The van der Waals surface area contributed by atoms with E-state index in [0.717, 1.165) is 11.1 Å². The first kappa shape index (κ1) is 15.1. The zero-order chi connectivity index (χ0) is 14.8. The summed E-state index contributed by atoms with van der Waals surface area (Å²) in [5, 5.41) is 10.5. The number of halogens is 3. The fourth-order valence-corrected chi connectivity index (χ4v) is 2.72. The summed E-state index contributed by atoms with van der Waals surface area (Å²) >= 11 is 3.29. The molecule has 0 amide bonds. The minimum absolute atomic E-state index is 0.318. The summed E-state index contributed by atoms with van der Waals surface area (Å²) in [4.78, 5) is 0. The Kier molecular flexibility index (Phi) is 4.55. The van der Waals surface area contributed by atoms with Gasteiger partial charge in [-0.3, -0.25) is 0 Å². The molecule has 2 aromatic carbocycles. The minimum atomic E-state index is -1.03. The van der Waals surface area contributed by atoms with E-state index in [1.807, 2.05) is 0 Å². The number of hydrogen-bond acceptors (Lipinski definition) is 1. The van der Waals surface area contributed by atoms with Crippen LogP contribution in [0.1, 0.15) is 18.1 Å². The standard InChI is InChI=1S/C16H15BrF2O/c1-16(20,9-11-3-2-4-13(18)7-11)10-12-5-6-14(19)8-15(12)17/h2-8,20H,9-10H2,1H3. The summed E-state index contributed by atoms with van der Waals surface area (Å²) in [6.45, 7) is 1.69. The molecule has 0 radical (unpaired) electrons. The van der Waals surface area contributed by atoms with Crippen LogP contribution in [-0.4, -0.2) is 10.7 Å². The van der Waals surface area contributed by atoms with Gasteiger partial charge in [0.1, 0.15) is 11.6 Å². The first-order valence-electron chi connectivity index (χ1n) is 6.26. The second-order valence-corrected chi connectivity index (χ2v) is 6.07. The fraction of sp³-hybridized carbons (Fsp3) is 0.250. The normalized spacial score (nSPS) is 14.1. The highest BCUT2D eigenvalue weighted by Crippen LogP contribution is 2.25. The van der Waals surface area contributed by atoms with Crippen molar-refractivity contribution in [2.75, 3.05) is 0 Å². The van der Waals surface area contributed by atoms with E-state index in [1.54, 1.807) is 25.1 Å². The van der Waals surface area contributed by atoms with Crippen molar-refractivity contribution in [3.63, 3.8) is 0 Å². The van der Waals surface area contributed by atoms with Gasteiger partial charge < -0.3 is 5.11 Å². The van der Waals surface area contributed by atoms with E-state index in [1.165, 1.54) is 24.3 Å². The molecule has 4 heteroatoms. The molecule has 0 spiro atoms. The van der Waals surface area contributed by atoms with Crippen molar-refractivity contribution in [2.24, 2.45) is 0 Å². The highest BCUT2D eigenvalue weighted by Gasteiger charge is 2.23. The summed E-state index contributed by atoms with van der Waals surface area (Å²) < 4.78 is 26.8. The lowest BCUT2D eigenvalue weighted by atomic mass is 9.90. The van der Waals surface area contributed by atoms with E-state index < -0.39 is 5.60 Å². The van der Waals surface area contributed by atoms with E-state index in [9.17, 15) is 13.9 Å². The van der Waals surface area contributed by atoms with E-state index >= 15 is 0 Å². The molecule has 0 aliphatic rings. The highest BCUT2D eigenvalue weighted by molar-refractivity contribution is 9.10. The number of aliphatic hydroxyl groups is 1. The Labute approximate surface area is 125 Å². The summed E-state index contributed by atoms with van der Waals surface area (Å²) in [6.07, 6.45) is 0.680. The average Bonchev–Trinajstić information content (AvgIpc) is 2.32. The van der Waals surface area contributed by atoms with Crippen LogP contribution in [0.5, 0.6) is 0 Å². The smallest absolute Gasteiger partial charge is 0.124 e.